The van der Waals surface area contributed by atoms with Gasteiger partial charge in [0.05, 0.1) is 17.9 Å². The highest BCUT2D eigenvalue weighted by atomic mass is 16.2. The van der Waals surface area contributed by atoms with Crippen molar-refractivity contribution in [3.63, 3.8) is 0 Å². The molecule has 2 aliphatic heterocycles. The van der Waals surface area contributed by atoms with E-state index in [1.807, 2.05) is 30.3 Å². The van der Waals surface area contributed by atoms with E-state index in [1.54, 1.807) is 35.3 Å². The van der Waals surface area contributed by atoms with Crippen LogP contribution in [0.3, 0.4) is 0 Å². The molecule has 0 saturated heterocycles. The van der Waals surface area contributed by atoms with E-state index in [4.69, 9.17) is 0 Å². The number of carbonyl (C=O) groups is 3. The van der Waals surface area contributed by atoms with E-state index in [2.05, 4.69) is 15.5 Å². The Morgan fingerprint density at radius 2 is 1.84 bits per heavy atom. The van der Waals surface area contributed by atoms with Crippen LogP contribution in [0.4, 0.5) is 5.82 Å². The molecule has 0 unspecified atom stereocenters. The number of rotatable bonds is 5. The minimum Gasteiger partial charge on any atom is -0.357 e. The lowest BCUT2D eigenvalue weighted by Gasteiger charge is -2.28. The van der Waals surface area contributed by atoms with Crippen LogP contribution in [0.5, 0.6) is 0 Å². The summed E-state index contributed by atoms with van der Waals surface area (Å²) in [6.45, 7) is 0.495. The van der Waals surface area contributed by atoms with E-state index >= 15 is 0 Å². The number of carbonyl (C=O) groups excluding carboxylic acids is 3. The number of anilines is 1. The van der Waals surface area contributed by atoms with Crippen LogP contribution in [0.1, 0.15) is 12.8 Å². The van der Waals surface area contributed by atoms with Crippen LogP contribution in [0.15, 0.2) is 77.7 Å². The summed E-state index contributed by atoms with van der Waals surface area (Å²) >= 11 is 0. The van der Waals surface area contributed by atoms with Gasteiger partial charge in [-0.3, -0.25) is 14.4 Å². The average Bonchev–Trinajstić information content (AvgIpc) is 3.00. The Labute approximate surface area is 178 Å². The Morgan fingerprint density at radius 3 is 2.52 bits per heavy atom. The first kappa shape index (κ1) is 18.9. The predicted molar refractivity (Wildman–Crippen MR) is 113 cm³/mol. The van der Waals surface area contributed by atoms with Crippen molar-refractivity contribution in [1.29, 1.82) is 0 Å². The fourth-order valence-electron chi connectivity index (χ4n) is 3.91. The molecule has 0 saturated carbocycles. The summed E-state index contributed by atoms with van der Waals surface area (Å²) in [5, 5.41) is 11.0. The van der Waals surface area contributed by atoms with Crippen molar-refractivity contribution >= 4 is 23.5 Å². The van der Waals surface area contributed by atoms with Crippen LogP contribution in [-0.2, 0) is 14.4 Å². The molecule has 5 rings (SSSR count). The quantitative estimate of drug-likeness (QED) is 0.756. The van der Waals surface area contributed by atoms with Gasteiger partial charge in [0.15, 0.2) is 5.82 Å². The van der Waals surface area contributed by atoms with Crippen molar-refractivity contribution < 1.29 is 14.4 Å². The number of hydrogen-bond acceptors (Lipinski definition) is 6. The topological polar surface area (TPSA) is 95.5 Å². The molecule has 1 aromatic heterocycles. The molecule has 3 aliphatic rings. The van der Waals surface area contributed by atoms with Gasteiger partial charge in [-0.1, -0.05) is 36.4 Å². The Morgan fingerprint density at radius 1 is 1.03 bits per heavy atom. The number of hydrogen-bond donors (Lipinski definition) is 1. The highest BCUT2D eigenvalue weighted by Crippen LogP contribution is 2.34. The first-order valence-corrected chi connectivity index (χ1v) is 10.1. The molecule has 2 aromatic rings. The summed E-state index contributed by atoms with van der Waals surface area (Å²) in [4.78, 5) is 41.1. The van der Waals surface area contributed by atoms with Gasteiger partial charge in [-0.15, -0.1) is 10.2 Å². The van der Waals surface area contributed by atoms with Crippen molar-refractivity contribution in [2.24, 2.45) is 0 Å². The second-order valence-corrected chi connectivity index (χ2v) is 7.47. The van der Waals surface area contributed by atoms with Crippen LogP contribution in [0, 0.1) is 0 Å². The Hall–Kier alpha value is -4.07. The molecule has 1 N–H and O–H groups in total. The second-order valence-electron chi connectivity index (χ2n) is 7.47. The molecular formula is C23H19N5O3. The van der Waals surface area contributed by atoms with Crippen molar-refractivity contribution in [3.8, 4) is 11.3 Å². The predicted octanol–water partition coefficient (Wildman–Crippen LogP) is 2.25. The lowest BCUT2D eigenvalue weighted by molar-refractivity contribution is -0.135. The lowest BCUT2D eigenvalue weighted by Crippen LogP contribution is -2.39. The van der Waals surface area contributed by atoms with Gasteiger partial charge in [-0.05, 0) is 37.1 Å². The maximum atomic E-state index is 12.9. The van der Waals surface area contributed by atoms with Gasteiger partial charge < -0.3 is 10.2 Å². The van der Waals surface area contributed by atoms with Crippen LogP contribution < -0.4 is 5.32 Å². The number of amides is 3. The van der Waals surface area contributed by atoms with Crippen LogP contribution in [0.2, 0.25) is 0 Å². The molecule has 8 heteroatoms. The van der Waals surface area contributed by atoms with E-state index in [9.17, 15) is 14.4 Å². The van der Waals surface area contributed by atoms with Crippen LogP contribution >= 0.6 is 0 Å². The van der Waals surface area contributed by atoms with Gasteiger partial charge in [0.1, 0.15) is 5.70 Å². The second kappa shape index (κ2) is 7.64. The normalized spacial score (nSPS) is 17.5. The molecule has 0 radical (unpaired) electrons. The van der Waals surface area contributed by atoms with E-state index in [1.165, 1.54) is 4.90 Å². The molecular weight excluding hydrogens is 394 g/mol. The molecule has 3 heterocycles. The fraction of sp³-hybridized carbons (Fsp3) is 0.174. The lowest BCUT2D eigenvalue weighted by atomic mass is 10.0. The molecule has 0 bridgehead atoms. The average molecular weight is 413 g/mol. The van der Waals surface area contributed by atoms with Gasteiger partial charge >= 0.3 is 0 Å². The number of nitrogens with zero attached hydrogens (tertiary/aromatic N) is 4. The zero-order valence-corrected chi connectivity index (χ0v) is 16.6. The summed E-state index contributed by atoms with van der Waals surface area (Å²) in [6.07, 6.45) is 6.48. The minimum atomic E-state index is -0.366. The number of nitrogens with one attached hydrogen (secondary N) is 1. The number of imide groups is 1. The van der Waals surface area contributed by atoms with Crippen molar-refractivity contribution in [2.45, 2.75) is 12.8 Å². The molecule has 3 amide bonds. The zero-order chi connectivity index (χ0) is 21.4. The van der Waals surface area contributed by atoms with Crippen LogP contribution in [0.25, 0.3) is 11.3 Å². The maximum Gasteiger partial charge on any atom is 0.282 e. The standard InChI is InChI=1S/C23H19N5O3/c29-20(24-19-12-11-18(25-26-19)15-6-2-1-3-7-15)14-27-13-5-10-17-21(27)23(31)28(22(17)30)16-8-4-9-16/h1-4,6-9,11-12H,5,10,13-14H2,(H,24,26,29). The Balaban J connectivity index is 1.27. The highest BCUT2D eigenvalue weighted by Gasteiger charge is 2.44. The monoisotopic (exact) mass is 413 g/mol. The molecule has 154 valence electrons. The first-order valence-electron chi connectivity index (χ1n) is 10.1. The largest absolute Gasteiger partial charge is 0.357 e. The third-order valence-electron chi connectivity index (χ3n) is 5.45. The first-order chi connectivity index (χ1) is 15.1. The molecule has 1 aliphatic carbocycles. The summed E-state index contributed by atoms with van der Waals surface area (Å²) in [5.74, 6) is -0.647. The maximum absolute atomic E-state index is 12.9. The summed E-state index contributed by atoms with van der Waals surface area (Å²) < 4.78 is 0. The zero-order valence-electron chi connectivity index (χ0n) is 16.6. The molecule has 0 atom stereocenters. The smallest absolute Gasteiger partial charge is 0.282 e. The van der Waals surface area contributed by atoms with E-state index in [0.717, 1.165) is 5.56 Å². The summed E-state index contributed by atoms with van der Waals surface area (Å²) in [5.41, 5.74) is 3.04. The molecule has 31 heavy (non-hydrogen) atoms. The van der Waals surface area contributed by atoms with E-state index in [0.29, 0.717) is 47.9 Å². The molecule has 0 fully saturated rings. The minimum absolute atomic E-state index is 0.0390. The van der Waals surface area contributed by atoms with Gasteiger partial charge in [-0.2, -0.15) is 0 Å². The third kappa shape index (κ3) is 3.42. The van der Waals surface area contributed by atoms with Crippen molar-refractivity contribution in [1.82, 2.24) is 20.0 Å². The summed E-state index contributed by atoms with van der Waals surface area (Å²) in [6, 6.07) is 13.1. The van der Waals surface area contributed by atoms with E-state index < -0.39 is 0 Å². The van der Waals surface area contributed by atoms with Crippen molar-refractivity contribution in [2.75, 3.05) is 18.4 Å². The van der Waals surface area contributed by atoms with Crippen molar-refractivity contribution in [3.05, 3.63) is 77.7 Å². The van der Waals surface area contributed by atoms with Gasteiger partial charge in [-0.25, -0.2) is 4.90 Å². The number of benzene rings is 1. The Kier molecular flexibility index (Phi) is 4.66. The molecule has 8 nitrogen and oxygen atoms in total. The van der Waals surface area contributed by atoms with Gasteiger partial charge in [0.2, 0.25) is 5.91 Å². The van der Waals surface area contributed by atoms with Gasteiger partial charge in [0, 0.05) is 17.7 Å². The van der Waals surface area contributed by atoms with Crippen LogP contribution in [-0.4, -0.2) is 50.8 Å². The summed E-state index contributed by atoms with van der Waals surface area (Å²) in [7, 11) is 0. The Bertz CT molecular complexity index is 1170. The van der Waals surface area contributed by atoms with Gasteiger partial charge in [0.25, 0.3) is 11.8 Å². The third-order valence-corrected chi connectivity index (χ3v) is 5.45. The molecule has 1 aromatic carbocycles. The fourth-order valence-corrected chi connectivity index (χ4v) is 3.91. The van der Waals surface area contributed by atoms with E-state index in [-0.39, 0.29) is 24.3 Å². The molecule has 0 spiro atoms. The SMILES string of the molecule is O=C(CN1CCCC2=C1C(=O)N(C1=CC=C1)C2=O)Nc1ccc(-c2ccccc2)nn1. The number of allylic oxidation sites excluding steroid dienone is 3. The highest BCUT2D eigenvalue weighted by molar-refractivity contribution is 6.21. The number of aromatic nitrogens is 2.